The largest absolute Gasteiger partial charge is 0.380 e. The quantitative estimate of drug-likeness (QED) is 0.657. The Kier molecular flexibility index (Phi) is 6.45. The number of nitroso groups, excluding NO2 is 1. The number of amides is 2. The van der Waals surface area contributed by atoms with E-state index in [9.17, 15) is 19.6 Å². The van der Waals surface area contributed by atoms with Crippen LogP contribution in [-0.4, -0.2) is 71.1 Å². The first-order valence-corrected chi connectivity index (χ1v) is 11.8. The highest BCUT2D eigenvalue weighted by molar-refractivity contribution is 5.95. The summed E-state index contributed by atoms with van der Waals surface area (Å²) in [5.74, 6) is -0.304. The molecule has 2 atom stereocenters. The monoisotopic (exact) mass is 464 g/mol. The van der Waals surface area contributed by atoms with Crippen LogP contribution < -0.4 is 4.90 Å². The Morgan fingerprint density at radius 3 is 2.18 bits per heavy atom. The van der Waals surface area contributed by atoms with Crippen LogP contribution in [0.25, 0.3) is 11.1 Å². The molecule has 0 radical (unpaired) electrons. The van der Waals surface area contributed by atoms with E-state index in [1.165, 1.54) is 0 Å². The van der Waals surface area contributed by atoms with E-state index in [1.807, 2.05) is 61.9 Å². The second kappa shape index (κ2) is 9.18. The summed E-state index contributed by atoms with van der Waals surface area (Å²) in [6.07, 6.45) is 1.03. The SMILES string of the molecule is CCN(C)c1ccc(-c2ccc(C(=O)N3[C@H](C)CN(C(=O)C4(O)CC4)C[C@@H]3C)cc2)cc1N=O. The van der Waals surface area contributed by atoms with Crippen LogP contribution in [0.3, 0.4) is 0 Å². The van der Waals surface area contributed by atoms with Gasteiger partial charge in [-0.1, -0.05) is 18.2 Å². The maximum atomic E-state index is 13.3. The number of anilines is 1. The second-order valence-electron chi connectivity index (χ2n) is 9.54. The van der Waals surface area contributed by atoms with Gasteiger partial charge in [0.15, 0.2) is 0 Å². The fraction of sp³-hybridized carbons (Fsp3) is 0.462. The number of benzene rings is 2. The van der Waals surface area contributed by atoms with Crippen LogP contribution in [0.15, 0.2) is 47.6 Å². The molecule has 2 fully saturated rings. The maximum Gasteiger partial charge on any atom is 0.254 e. The van der Waals surface area contributed by atoms with Gasteiger partial charge in [0.25, 0.3) is 11.8 Å². The van der Waals surface area contributed by atoms with Gasteiger partial charge in [-0.25, -0.2) is 0 Å². The van der Waals surface area contributed by atoms with Gasteiger partial charge in [0.2, 0.25) is 0 Å². The first-order chi connectivity index (χ1) is 16.2. The zero-order valence-corrected chi connectivity index (χ0v) is 20.2. The number of carbonyl (C=O) groups excluding carboxylic acids is 2. The minimum atomic E-state index is -1.19. The molecule has 2 amide bonds. The van der Waals surface area contributed by atoms with Crippen molar-refractivity contribution >= 4 is 23.2 Å². The molecule has 0 bridgehead atoms. The summed E-state index contributed by atoms with van der Waals surface area (Å²) >= 11 is 0. The molecule has 34 heavy (non-hydrogen) atoms. The van der Waals surface area contributed by atoms with Gasteiger partial charge in [0.05, 0.1) is 5.69 Å². The smallest absolute Gasteiger partial charge is 0.254 e. The molecule has 180 valence electrons. The van der Waals surface area contributed by atoms with Crippen LogP contribution in [0, 0.1) is 4.91 Å². The van der Waals surface area contributed by atoms with Gasteiger partial charge in [0.1, 0.15) is 11.3 Å². The topological polar surface area (TPSA) is 93.5 Å². The van der Waals surface area contributed by atoms with Crippen LogP contribution >= 0.6 is 0 Å². The van der Waals surface area contributed by atoms with E-state index in [1.54, 1.807) is 23.1 Å². The van der Waals surface area contributed by atoms with Crippen LogP contribution in [0.1, 0.15) is 44.0 Å². The van der Waals surface area contributed by atoms with Crippen molar-refractivity contribution in [3.8, 4) is 11.1 Å². The highest BCUT2D eigenvalue weighted by Gasteiger charge is 2.51. The lowest BCUT2D eigenvalue weighted by Crippen LogP contribution is -2.61. The third kappa shape index (κ3) is 4.42. The Bertz CT molecular complexity index is 1080. The van der Waals surface area contributed by atoms with Crippen LogP contribution in [0.2, 0.25) is 0 Å². The summed E-state index contributed by atoms with van der Waals surface area (Å²) in [5, 5.41) is 13.4. The molecule has 1 aliphatic carbocycles. The molecule has 0 aromatic heterocycles. The lowest BCUT2D eigenvalue weighted by Gasteiger charge is -2.45. The van der Waals surface area contributed by atoms with E-state index in [-0.39, 0.29) is 23.9 Å². The molecule has 1 heterocycles. The van der Waals surface area contributed by atoms with Gasteiger partial charge >= 0.3 is 0 Å². The number of carbonyl (C=O) groups is 2. The number of hydrogen-bond acceptors (Lipinski definition) is 6. The number of rotatable bonds is 6. The zero-order valence-electron chi connectivity index (χ0n) is 20.2. The van der Waals surface area contributed by atoms with Crippen LogP contribution in [0.4, 0.5) is 11.4 Å². The third-order valence-electron chi connectivity index (χ3n) is 6.99. The minimum Gasteiger partial charge on any atom is -0.380 e. The molecular formula is C26H32N4O4. The van der Waals surface area contributed by atoms with E-state index in [4.69, 9.17) is 0 Å². The lowest BCUT2D eigenvalue weighted by atomic mass is 10.0. The summed E-state index contributed by atoms with van der Waals surface area (Å²) < 4.78 is 0. The van der Waals surface area contributed by atoms with Gasteiger partial charge in [-0.05, 0) is 74.2 Å². The first kappa shape index (κ1) is 23.9. The normalized spacial score (nSPS) is 21.2. The summed E-state index contributed by atoms with van der Waals surface area (Å²) in [5.41, 5.74) is 2.29. The fourth-order valence-electron chi connectivity index (χ4n) is 4.74. The maximum absolute atomic E-state index is 13.3. The average molecular weight is 465 g/mol. The Morgan fingerprint density at radius 1 is 1.06 bits per heavy atom. The molecule has 2 aromatic rings. The number of nitrogens with zero attached hydrogens (tertiary/aromatic N) is 4. The Labute approximate surface area is 200 Å². The molecule has 8 heteroatoms. The molecule has 1 saturated carbocycles. The minimum absolute atomic E-state index is 0.0843. The van der Waals surface area contributed by atoms with Crippen molar-refractivity contribution in [3.63, 3.8) is 0 Å². The Morgan fingerprint density at radius 2 is 1.65 bits per heavy atom. The first-order valence-electron chi connectivity index (χ1n) is 11.8. The Balaban J connectivity index is 1.49. The van der Waals surface area contributed by atoms with Crippen molar-refractivity contribution in [3.05, 3.63) is 52.9 Å². The second-order valence-corrected chi connectivity index (χ2v) is 9.54. The van der Waals surface area contributed by atoms with Crippen molar-refractivity contribution in [1.29, 1.82) is 0 Å². The van der Waals surface area contributed by atoms with E-state index in [2.05, 4.69) is 5.18 Å². The standard InChI is InChI=1S/C26H32N4O4/c1-5-28(4)23-11-10-21(14-22(23)27-34)19-6-8-20(9-7-19)24(31)30-17(2)15-29(16-18(30)3)25(32)26(33)12-13-26/h6-11,14,17-18,33H,5,12-13,15-16H2,1-4H3/t17-,18+. The number of piperazine rings is 1. The molecular weight excluding hydrogens is 432 g/mol. The molecule has 2 aliphatic rings. The van der Waals surface area contributed by atoms with Gasteiger partial charge in [-0.3, -0.25) is 9.59 Å². The van der Waals surface area contributed by atoms with Crippen molar-refractivity contribution in [2.45, 2.75) is 51.3 Å². The van der Waals surface area contributed by atoms with E-state index in [0.29, 0.717) is 37.2 Å². The molecule has 1 saturated heterocycles. The highest BCUT2D eigenvalue weighted by atomic mass is 16.3. The average Bonchev–Trinajstić information content (AvgIpc) is 3.60. The number of hydrogen-bond donors (Lipinski definition) is 1. The summed E-state index contributed by atoms with van der Waals surface area (Å²) in [6, 6.07) is 12.6. The molecule has 1 aliphatic heterocycles. The zero-order chi connectivity index (χ0) is 24.6. The van der Waals surface area contributed by atoms with Crippen molar-refractivity contribution in [2.75, 3.05) is 31.6 Å². The van der Waals surface area contributed by atoms with Crippen molar-refractivity contribution < 1.29 is 14.7 Å². The number of aliphatic hydroxyl groups is 1. The fourth-order valence-corrected chi connectivity index (χ4v) is 4.74. The summed E-state index contributed by atoms with van der Waals surface area (Å²) in [7, 11) is 1.91. The molecule has 1 N–H and O–H groups in total. The van der Waals surface area contributed by atoms with E-state index < -0.39 is 5.60 Å². The predicted molar refractivity (Wildman–Crippen MR) is 132 cm³/mol. The van der Waals surface area contributed by atoms with Crippen molar-refractivity contribution in [1.82, 2.24) is 9.80 Å². The van der Waals surface area contributed by atoms with Crippen LogP contribution in [0.5, 0.6) is 0 Å². The molecule has 4 rings (SSSR count). The molecule has 0 unspecified atom stereocenters. The van der Waals surface area contributed by atoms with Crippen molar-refractivity contribution in [2.24, 2.45) is 5.18 Å². The summed E-state index contributed by atoms with van der Waals surface area (Å²) in [4.78, 5) is 42.7. The third-order valence-corrected chi connectivity index (χ3v) is 6.99. The summed E-state index contributed by atoms with van der Waals surface area (Å²) in [6.45, 7) is 7.46. The molecule has 8 nitrogen and oxygen atoms in total. The van der Waals surface area contributed by atoms with Gasteiger partial charge in [-0.15, -0.1) is 4.91 Å². The van der Waals surface area contributed by atoms with Crippen LogP contribution in [-0.2, 0) is 4.79 Å². The van der Waals surface area contributed by atoms with E-state index in [0.717, 1.165) is 23.4 Å². The lowest BCUT2D eigenvalue weighted by molar-refractivity contribution is -0.146. The predicted octanol–water partition coefficient (Wildman–Crippen LogP) is 3.79. The van der Waals surface area contributed by atoms with E-state index >= 15 is 0 Å². The van der Waals surface area contributed by atoms with Gasteiger partial charge < -0.3 is 19.8 Å². The highest BCUT2D eigenvalue weighted by Crippen LogP contribution is 2.38. The van der Waals surface area contributed by atoms with Gasteiger partial charge in [-0.2, -0.15) is 0 Å². The Hall–Kier alpha value is -3.26. The molecule has 2 aromatic carbocycles. The molecule has 0 spiro atoms. The van der Waals surface area contributed by atoms with Gasteiger partial charge in [0, 0.05) is 44.3 Å².